The number of methoxy groups -OCH3 is 1. The number of carbonyl (C=O) groups is 1. The highest BCUT2D eigenvalue weighted by Crippen LogP contribution is 2.49. The highest BCUT2D eigenvalue weighted by molar-refractivity contribution is 6.30. The van der Waals surface area contributed by atoms with Crippen LogP contribution in [0.5, 0.6) is 0 Å². The zero-order valence-electron chi connectivity index (χ0n) is 18.5. The van der Waals surface area contributed by atoms with Gasteiger partial charge < -0.3 is 9.47 Å². The Morgan fingerprint density at radius 1 is 1.29 bits per heavy atom. The summed E-state index contributed by atoms with van der Waals surface area (Å²) in [4.78, 5) is 14.6. The third-order valence-electron chi connectivity index (χ3n) is 7.01. The van der Waals surface area contributed by atoms with Crippen molar-refractivity contribution in [3.8, 4) is 0 Å². The summed E-state index contributed by atoms with van der Waals surface area (Å²) in [5.41, 5.74) is 0.346. The summed E-state index contributed by atoms with van der Waals surface area (Å²) >= 11 is 6.25. The molecule has 6 heteroatoms. The fourth-order valence-electron chi connectivity index (χ4n) is 4.94. The number of halogens is 2. The van der Waals surface area contributed by atoms with E-state index < -0.39 is 17.4 Å². The molecule has 0 radical (unpaired) electrons. The van der Waals surface area contributed by atoms with Gasteiger partial charge in [0, 0.05) is 23.5 Å². The van der Waals surface area contributed by atoms with E-state index in [1.807, 2.05) is 18.2 Å². The van der Waals surface area contributed by atoms with Crippen LogP contribution in [0, 0.1) is 5.92 Å². The molecule has 2 fully saturated rings. The van der Waals surface area contributed by atoms with Crippen molar-refractivity contribution in [3.05, 3.63) is 58.4 Å². The minimum Gasteiger partial charge on any atom is -0.465 e. The molecule has 0 spiro atoms. The first-order valence-electron chi connectivity index (χ1n) is 11.1. The Kier molecular flexibility index (Phi) is 6.30. The minimum atomic E-state index is -0.644. The Hall–Kier alpha value is -1.69. The number of hydrogen-bond acceptors (Lipinski definition) is 4. The minimum absolute atomic E-state index is 0.00688. The van der Waals surface area contributed by atoms with Crippen LogP contribution in [0.25, 0.3) is 0 Å². The largest absolute Gasteiger partial charge is 0.465 e. The van der Waals surface area contributed by atoms with Crippen LogP contribution in [-0.4, -0.2) is 42.8 Å². The van der Waals surface area contributed by atoms with Crippen LogP contribution < -0.4 is 0 Å². The molecule has 3 aliphatic rings. The lowest BCUT2D eigenvalue weighted by Crippen LogP contribution is -2.52. The number of likely N-dealkylation sites (tertiary alicyclic amines) is 1. The molecule has 1 aliphatic heterocycles. The maximum Gasteiger partial charge on any atom is 0.340 e. The number of piperidine rings is 1. The maximum atomic E-state index is 14.3. The molecule has 1 aromatic rings. The monoisotopic (exact) mass is 447 g/mol. The number of carbonyl (C=O) groups excluding carboxylic acids is 1. The number of ether oxygens (including phenoxy) is 2. The van der Waals surface area contributed by atoms with Gasteiger partial charge in [-0.2, -0.15) is 0 Å². The molecule has 0 bridgehead atoms. The van der Waals surface area contributed by atoms with Gasteiger partial charge in [0.25, 0.3) is 0 Å². The predicted molar refractivity (Wildman–Crippen MR) is 120 cm³/mol. The van der Waals surface area contributed by atoms with Gasteiger partial charge in [-0.3, -0.25) is 4.90 Å². The SMILES string of the molecule is COC(=O)C1=C[C@](OC2CCCN(C(C)(C)c3cccc(Cl)c3)C2)(C2CC2)CC=C1F. The Bertz CT molecular complexity index is 908. The molecule has 0 N–H and O–H groups in total. The van der Waals surface area contributed by atoms with Crippen LogP contribution in [-0.2, 0) is 19.8 Å². The van der Waals surface area contributed by atoms with E-state index in [0.717, 1.165) is 43.8 Å². The Labute approximate surface area is 189 Å². The summed E-state index contributed by atoms with van der Waals surface area (Å²) in [5, 5.41) is 0.736. The van der Waals surface area contributed by atoms with Crippen LogP contribution >= 0.6 is 11.6 Å². The van der Waals surface area contributed by atoms with Gasteiger partial charge >= 0.3 is 5.97 Å². The summed E-state index contributed by atoms with van der Waals surface area (Å²) in [6.45, 7) is 6.19. The fourth-order valence-corrected chi connectivity index (χ4v) is 5.13. The average molecular weight is 448 g/mol. The summed E-state index contributed by atoms with van der Waals surface area (Å²) in [6, 6.07) is 8.02. The molecule has 2 aliphatic carbocycles. The highest BCUT2D eigenvalue weighted by atomic mass is 35.5. The van der Waals surface area contributed by atoms with Crippen molar-refractivity contribution in [3.63, 3.8) is 0 Å². The highest BCUT2D eigenvalue weighted by Gasteiger charge is 2.49. The van der Waals surface area contributed by atoms with E-state index in [1.54, 1.807) is 6.08 Å². The molecule has 0 amide bonds. The van der Waals surface area contributed by atoms with E-state index in [0.29, 0.717) is 12.3 Å². The summed E-state index contributed by atoms with van der Waals surface area (Å²) in [7, 11) is 1.28. The van der Waals surface area contributed by atoms with Crippen LogP contribution in [0.15, 0.2) is 47.8 Å². The lowest BCUT2D eigenvalue weighted by molar-refractivity contribution is -0.137. The lowest BCUT2D eigenvalue weighted by Gasteiger charge is -2.46. The first-order valence-corrected chi connectivity index (χ1v) is 11.5. The second-order valence-electron chi connectivity index (χ2n) is 9.43. The van der Waals surface area contributed by atoms with Gasteiger partial charge in [0.1, 0.15) is 5.83 Å². The quantitative estimate of drug-likeness (QED) is 0.535. The molecular weight excluding hydrogens is 417 g/mol. The molecule has 1 aromatic carbocycles. The molecule has 168 valence electrons. The third-order valence-corrected chi connectivity index (χ3v) is 7.24. The first kappa shape index (κ1) is 22.5. The van der Waals surface area contributed by atoms with E-state index in [-0.39, 0.29) is 17.2 Å². The molecular formula is C25H31ClFNO3. The van der Waals surface area contributed by atoms with E-state index in [2.05, 4.69) is 24.8 Å². The number of benzene rings is 1. The zero-order valence-corrected chi connectivity index (χ0v) is 19.3. The third kappa shape index (κ3) is 4.59. The second kappa shape index (κ2) is 8.68. The number of hydrogen-bond donors (Lipinski definition) is 0. The molecule has 2 atom stereocenters. The van der Waals surface area contributed by atoms with Crippen molar-refractivity contribution in [2.24, 2.45) is 5.92 Å². The van der Waals surface area contributed by atoms with Crippen molar-refractivity contribution < 1.29 is 18.7 Å². The van der Waals surface area contributed by atoms with E-state index in [1.165, 1.54) is 18.7 Å². The molecule has 0 aromatic heterocycles. The van der Waals surface area contributed by atoms with Crippen molar-refractivity contribution in [1.82, 2.24) is 4.90 Å². The van der Waals surface area contributed by atoms with E-state index >= 15 is 0 Å². The fraction of sp³-hybridized carbons (Fsp3) is 0.560. The summed E-state index contributed by atoms with van der Waals surface area (Å²) in [6.07, 6.45) is 7.69. The molecule has 1 saturated carbocycles. The first-order chi connectivity index (χ1) is 14.7. The molecule has 1 unspecified atom stereocenters. The van der Waals surface area contributed by atoms with E-state index in [9.17, 15) is 9.18 Å². The van der Waals surface area contributed by atoms with Crippen molar-refractivity contribution >= 4 is 17.6 Å². The van der Waals surface area contributed by atoms with Crippen molar-refractivity contribution in [1.29, 1.82) is 0 Å². The molecule has 31 heavy (non-hydrogen) atoms. The van der Waals surface area contributed by atoms with Crippen LogP contribution in [0.3, 0.4) is 0 Å². The normalized spacial score (nSPS) is 27.5. The number of nitrogens with zero attached hydrogens (tertiary/aromatic N) is 1. The Balaban J connectivity index is 1.54. The van der Waals surface area contributed by atoms with Crippen molar-refractivity contribution in [2.45, 2.75) is 63.2 Å². The lowest BCUT2D eigenvalue weighted by atomic mass is 9.85. The van der Waals surface area contributed by atoms with Crippen LogP contribution in [0.2, 0.25) is 5.02 Å². The van der Waals surface area contributed by atoms with Gasteiger partial charge in [-0.15, -0.1) is 0 Å². The van der Waals surface area contributed by atoms with Crippen LogP contribution in [0.4, 0.5) is 4.39 Å². The van der Waals surface area contributed by atoms with Crippen LogP contribution in [0.1, 0.15) is 51.5 Å². The summed E-state index contributed by atoms with van der Waals surface area (Å²) in [5.74, 6) is -0.846. The van der Waals surface area contributed by atoms with Gasteiger partial charge in [-0.25, -0.2) is 9.18 Å². The predicted octanol–water partition coefficient (Wildman–Crippen LogP) is 5.56. The Morgan fingerprint density at radius 2 is 2.06 bits per heavy atom. The zero-order chi connectivity index (χ0) is 22.2. The molecule has 1 saturated heterocycles. The number of rotatable bonds is 6. The average Bonchev–Trinajstić information content (AvgIpc) is 3.61. The second-order valence-corrected chi connectivity index (χ2v) is 9.87. The van der Waals surface area contributed by atoms with Crippen molar-refractivity contribution in [2.75, 3.05) is 20.2 Å². The topological polar surface area (TPSA) is 38.8 Å². The molecule has 4 rings (SSSR count). The number of esters is 1. The molecule has 1 heterocycles. The Morgan fingerprint density at radius 3 is 2.74 bits per heavy atom. The summed E-state index contributed by atoms with van der Waals surface area (Å²) < 4.78 is 25.9. The van der Waals surface area contributed by atoms with Gasteiger partial charge in [0.15, 0.2) is 0 Å². The molecule has 4 nitrogen and oxygen atoms in total. The van der Waals surface area contributed by atoms with Gasteiger partial charge in [-0.1, -0.05) is 23.7 Å². The van der Waals surface area contributed by atoms with Gasteiger partial charge in [0.05, 0.1) is 24.4 Å². The standard InChI is InChI=1S/C25H31ClFNO3/c1-24(2,18-6-4-7-19(26)14-18)28-13-5-8-20(16-28)31-25(17-9-10-17)12-11-22(27)21(15-25)23(29)30-3/h4,6-7,11,14-15,17,20H,5,8-10,12-13,16H2,1-3H3/t20?,25-/m0/s1. The maximum absolute atomic E-state index is 14.3. The smallest absolute Gasteiger partial charge is 0.340 e. The van der Waals surface area contributed by atoms with E-state index in [4.69, 9.17) is 21.1 Å². The van der Waals surface area contributed by atoms with Gasteiger partial charge in [-0.05, 0) is 81.8 Å². The van der Waals surface area contributed by atoms with Gasteiger partial charge in [0.2, 0.25) is 0 Å².